The number of hydrogen-bond acceptors (Lipinski definition) is 4. The van der Waals surface area contributed by atoms with Crippen LogP contribution in [0.15, 0.2) is 18.3 Å². The molecule has 17 heavy (non-hydrogen) atoms. The van der Waals surface area contributed by atoms with Gasteiger partial charge < -0.3 is 10.5 Å². The summed E-state index contributed by atoms with van der Waals surface area (Å²) in [5.41, 5.74) is 8.19. The molecule has 0 amide bonds. The third-order valence-electron chi connectivity index (χ3n) is 2.43. The summed E-state index contributed by atoms with van der Waals surface area (Å²) in [5, 5.41) is 4.15. The zero-order chi connectivity index (χ0) is 12.4. The second kappa shape index (κ2) is 4.45. The van der Waals surface area contributed by atoms with Crippen molar-refractivity contribution in [1.82, 2.24) is 14.8 Å². The smallest absolute Gasteiger partial charge is 0.261 e. The van der Waals surface area contributed by atoms with E-state index in [-0.39, 0.29) is 0 Å². The van der Waals surface area contributed by atoms with E-state index in [1.165, 1.54) is 0 Å². The highest BCUT2D eigenvalue weighted by Crippen LogP contribution is 2.27. The van der Waals surface area contributed by atoms with Crippen LogP contribution in [0.5, 0.6) is 11.6 Å². The van der Waals surface area contributed by atoms with Gasteiger partial charge in [-0.1, -0.05) is 6.92 Å². The Labute approximate surface area is 100 Å². The first kappa shape index (κ1) is 11.4. The summed E-state index contributed by atoms with van der Waals surface area (Å²) in [6, 6.07) is 3.81. The zero-order valence-electron chi connectivity index (χ0n) is 10.3. The summed E-state index contributed by atoms with van der Waals surface area (Å²) in [5.74, 6) is 1.14. The lowest BCUT2D eigenvalue weighted by Crippen LogP contribution is -1.97. The molecule has 0 aliphatic rings. The fourth-order valence-corrected chi connectivity index (χ4v) is 1.61. The molecule has 90 valence electrons. The molecule has 0 unspecified atom stereocenters. The number of nitrogens with zero attached hydrogens (tertiary/aromatic N) is 3. The highest BCUT2D eigenvalue weighted by atomic mass is 16.5. The Morgan fingerprint density at radius 2 is 2.18 bits per heavy atom. The first-order valence-corrected chi connectivity index (χ1v) is 5.53. The molecule has 0 saturated heterocycles. The minimum Gasteiger partial charge on any atom is -0.434 e. The van der Waals surface area contributed by atoms with Crippen LogP contribution in [0, 0.1) is 6.92 Å². The van der Waals surface area contributed by atoms with Gasteiger partial charge in [0.1, 0.15) is 5.69 Å². The second-order valence-electron chi connectivity index (χ2n) is 3.92. The average molecular weight is 232 g/mol. The molecule has 2 N–H and O–H groups in total. The van der Waals surface area contributed by atoms with Gasteiger partial charge in [-0.3, -0.25) is 9.67 Å². The lowest BCUT2D eigenvalue weighted by Gasteiger charge is -2.08. The maximum absolute atomic E-state index is 5.78. The second-order valence-corrected chi connectivity index (χ2v) is 3.92. The zero-order valence-corrected chi connectivity index (χ0v) is 10.3. The molecule has 0 aliphatic carbocycles. The minimum atomic E-state index is 0.424. The van der Waals surface area contributed by atoms with Crippen molar-refractivity contribution in [3.63, 3.8) is 0 Å². The number of ether oxygens (including phenoxy) is 1. The van der Waals surface area contributed by atoms with E-state index < -0.39 is 0 Å². The topological polar surface area (TPSA) is 66.0 Å². The van der Waals surface area contributed by atoms with Crippen LogP contribution in [-0.4, -0.2) is 14.8 Å². The molecule has 0 aliphatic heterocycles. The Balaban J connectivity index is 2.32. The van der Waals surface area contributed by atoms with E-state index in [0.717, 1.165) is 17.8 Å². The Kier molecular flexibility index (Phi) is 2.99. The summed E-state index contributed by atoms with van der Waals surface area (Å²) < 4.78 is 7.31. The summed E-state index contributed by atoms with van der Waals surface area (Å²) in [7, 11) is 1.80. The maximum atomic E-state index is 5.78. The summed E-state index contributed by atoms with van der Waals surface area (Å²) in [6.07, 6.45) is 2.52. The van der Waals surface area contributed by atoms with Gasteiger partial charge in [0.15, 0.2) is 5.75 Å². The SMILES string of the molecule is CCc1nc(C)ccc1Oc1nn(C)cc1N. The third-order valence-corrected chi connectivity index (χ3v) is 2.43. The van der Waals surface area contributed by atoms with Crippen LogP contribution in [0.1, 0.15) is 18.3 Å². The van der Waals surface area contributed by atoms with Crippen LogP contribution >= 0.6 is 0 Å². The Morgan fingerprint density at radius 1 is 1.41 bits per heavy atom. The van der Waals surface area contributed by atoms with Crippen molar-refractivity contribution < 1.29 is 4.74 Å². The van der Waals surface area contributed by atoms with E-state index in [0.29, 0.717) is 17.3 Å². The summed E-state index contributed by atoms with van der Waals surface area (Å²) in [6.45, 7) is 3.99. The van der Waals surface area contributed by atoms with Crippen LogP contribution < -0.4 is 10.5 Å². The van der Waals surface area contributed by atoms with Gasteiger partial charge in [0.05, 0.1) is 11.9 Å². The van der Waals surface area contributed by atoms with Crippen LogP contribution in [0.4, 0.5) is 5.69 Å². The van der Waals surface area contributed by atoms with E-state index in [9.17, 15) is 0 Å². The molecular weight excluding hydrogens is 216 g/mol. The molecule has 0 saturated carbocycles. The van der Waals surface area contributed by atoms with Gasteiger partial charge >= 0.3 is 0 Å². The number of aryl methyl sites for hydroxylation is 3. The molecule has 0 fully saturated rings. The van der Waals surface area contributed by atoms with E-state index in [2.05, 4.69) is 10.1 Å². The van der Waals surface area contributed by atoms with Crippen LogP contribution in [-0.2, 0) is 13.5 Å². The van der Waals surface area contributed by atoms with Gasteiger partial charge in [0.2, 0.25) is 0 Å². The van der Waals surface area contributed by atoms with E-state index in [1.807, 2.05) is 26.0 Å². The van der Waals surface area contributed by atoms with Crippen LogP contribution in [0.3, 0.4) is 0 Å². The van der Waals surface area contributed by atoms with Crippen molar-refractivity contribution in [2.75, 3.05) is 5.73 Å². The van der Waals surface area contributed by atoms with Crippen molar-refractivity contribution in [1.29, 1.82) is 0 Å². The highest BCUT2D eigenvalue weighted by molar-refractivity contribution is 5.48. The van der Waals surface area contributed by atoms with Crippen LogP contribution in [0.25, 0.3) is 0 Å². The minimum absolute atomic E-state index is 0.424. The quantitative estimate of drug-likeness (QED) is 0.879. The van der Waals surface area contributed by atoms with Crippen molar-refractivity contribution in [3.8, 4) is 11.6 Å². The molecule has 0 radical (unpaired) electrons. The first-order valence-electron chi connectivity index (χ1n) is 5.53. The molecule has 0 aromatic carbocycles. The number of aromatic nitrogens is 3. The lowest BCUT2D eigenvalue weighted by molar-refractivity contribution is 0.447. The maximum Gasteiger partial charge on any atom is 0.261 e. The number of nitrogens with two attached hydrogens (primary N) is 1. The fraction of sp³-hybridized carbons (Fsp3) is 0.333. The molecule has 5 nitrogen and oxygen atoms in total. The number of pyridine rings is 1. The lowest BCUT2D eigenvalue weighted by atomic mass is 10.2. The Bertz CT molecular complexity index is 533. The largest absolute Gasteiger partial charge is 0.434 e. The van der Waals surface area contributed by atoms with E-state index >= 15 is 0 Å². The molecule has 5 heteroatoms. The van der Waals surface area contributed by atoms with Crippen molar-refractivity contribution >= 4 is 5.69 Å². The van der Waals surface area contributed by atoms with Gasteiger partial charge in [0, 0.05) is 12.7 Å². The molecular formula is C12H16N4O. The number of rotatable bonds is 3. The Hall–Kier alpha value is -2.04. The first-order chi connectivity index (χ1) is 8.10. The Morgan fingerprint density at radius 3 is 2.76 bits per heavy atom. The third kappa shape index (κ3) is 2.38. The van der Waals surface area contributed by atoms with Gasteiger partial charge in [-0.15, -0.1) is 5.10 Å². The molecule has 0 bridgehead atoms. The van der Waals surface area contributed by atoms with Crippen LogP contribution in [0.2, 0.25) is 0 Å². The standard InChI is InChI=1S/C12H16N4O/c1-4-10-11(6-5-8(2)14-10)17-12-9(13)7-16(3)15-12/h5-7H,4,13H2,1-3H3. The predicted molar refractivity (Wildman–Crippen MR) is 66.0 cm³/mol. The van der Waals surface area contributed by atoms with E-state index in [4.69, 9.17) is 10.5 Å². The van der Waals surface area contributed by atoms with Crippen molar-refractivity contribution in [3.05, 3.63) is 29.7 Å². The fourth-order valence-electron chi connectivity index (χ4n) is 1.61. The monoisotopic (exact) mass is 232 g/mol. The van der Waals surface area contributed by atoms with Gasteiger partial charge in [-0.25, -0.2) is 0 Å². The molecule has 0 spiro atoms. The predicted octanol–water partition coefficient (Wildman–Crippen LogP) is 2.06. The summed E-state index contributed by atoms with van der Waals surface area (Å²) in [4.78, 5) is 4.42. The number of hydrogen-bond donors (Lipinski definition) is 1. The normalized spacial score (nSPS) is 10.5. The van der Waals surface area contributed by atoms with Crippen molar-refractivity contribution in [2.24, 2.45) is 7.05 Å². The average Bonchev–Trinajstić information content (AvgIpc) is 2.60. The molecule has 2 heterocycles. The van der Waals surface area contributed by atoms with Gasteiger partial charge in [-0.2, -0.15) is 0 Å². The molecule has 0 atom stereocenters. The van der Waals surface area contributed by atoms with Gasteiger partial charge in [0.25, 0.3) is 5.88 Å². The summed E-state index contributed by atoms with van der Waals surface area (Å²) >= 11 is 0. The van der Waals surface area contributed by atoms with Gasteiger partial charge in [-0.05, 0) is 25.5 Å². The van der Waals surface area contributed by atoms with Crippen molar-refractivity contribution in [2.45, 2.75) is 20.3 Å². The highest BCUT2D eigenvalue weighted by Gasteiger charge is 2.10. The number of nitrogen functional groups attached to an aromatic ring is 1. The number of anilines is 1. The van der Waals surface area contributed by atoms with E-state index in [1.54, 1.807) is 17.9 Å². The molecule has 2 aromatic rings. The molecule has 2 rings (SSSR count). The molecule has 2 aromatic heterocycles.